The number of carbonyl (C=O) groups is 1. The van der Waals surface area contributed by atoms with Crippen molar-refractivity contribution in [2.45, 2.75) is 44.6 Å². The molecule has 1 saturated carbocycles. The van der Waals surface area contributed by atoms with Gasteiger partial charge in [0.15, 0.2) is 0 Å². The first-order chi connectivity index (χ1) is 7.24. The summed E-state index contributed by atoms with van der Waals surface area (Å²) < 4.78 is 0. The van der Waals surface area contributed by atoms with Gasteiger partial charge in [0, 0.05) is 24.2 Å². The summed E-state index contributed by atoms with van der Waals surface area (Å²) in [6, 6.07) is 0. The summed E-state index contributed by atoms with van der Waals surface area (Å²) >= 11 is 3.34. The Balaban J connectivity index is 2.05. The standard InChI is InChI=1S/C11H20BrNO2/c12-7-2-1-6-11(15)13-8-9-4-3-5-10(9)14/h9-10,14H,1-8H2,(H,13,15). The van der Waals surface area contributed by atoms with E-state index >= 15 is 0 Å². The molecule has 0 heterocycles. The van der Waals surface area contributed by atoms with Crippen molar-refractivity contribution < 1.29 is 9.90 Å². The van der Waals surface area contributed by atoms with E-state index < -0.39 is 0 Å². The van der Waals surface area contributed by atoms with E-state index in [1.807, 2.05) is 0 Å². The van der Waals surface area contributed by atoms with E-state index in [9.17, 15) is 9.90 Å². The van der Waals surface area contributed by atoms with Crippen molar-refractivity contribution in [2.24, 2.45) is 5.92 Å². The topological polar surface area (TPSA) is 49.3 Å². The maximum absolute atomic E-state index is 11.4. The molecule has 0 bridgehead atoms. The normalized spacial score (nSPS) is 25.5. The van der Waals surface area contributed by atoms with Crippen molar-refractivity contribution in [3.05, 3.63) is 0 Å². The van der Waals surface area contributed by atoms with E-state index in [4.69, 9.17) is 0 Å². The number of hydrogen-bond acceptors (Lipinski definition) is 2. The highest BCUT2D eigenvalue weighted by molar-refractivity contribution is 9.09. The average molecular weight is 278 g/mol. The molecule has 3 nitrogen and oxygen atoms in total. The fourth-order valence-corrected chi connectivity index (χ4v) is 2.37. The Bertz CT molecular complexity index is 199. The number of hydrogen-bond donors (Lipinski definition) is 2. The maximum atomic E-state index is 11.4. The lowest BCUT2D eigenvalue weighted by molar-refractivity contribution is -0.121. The number of aliphatic hydroxyl groups excluding tert-OH is 1. The van der Waals surface area contributed by atoms with E-state index in [-0.39, 0.29) is 17.9 Å². The minimum absolute atomic E-state index is 0.120. The molecule has 1 fully saturated rings. The summed E-state index contributed by atoms with van der Waals surface area (Å²) in [6.45, 7) is 0.647. The third-order valence-electron chi connectivity index (χ3n) is 2.97. The number of carbonyl (C=O) groups excluding carboxylic acids is 1. The van der Waals surface area contributed by atoms with Crippen LogP contribution in [0.3, 0.4) is 0 Å². The summed E-state index contributed by atoms with van der Waals surface area (Å²) in [6.07, 6.45) is 5.41. The van der Waals surface area contributed by atoms with Crippen LogP contribution in [0.5, 0.6) is 0 Å². The van der Waals surface area contributed by atoms with Crippen molar-refractivity contribution in [3.63, 3.8) is 0 Å². The molecule has 4 heteroatoms. The van der Waals surface area contributed by atoms with Crippen LogP contribution in [0.4, 0.5) is 0 Å². The summed E-state index contributed by atoms with van der Waals surface area (Å²) in [7, 11) is 0. The summed E-state index contributed by atoms with van der Waals surface area (Å²) in [4.78, 5) is 11.4. The van der Waals surface area contributed by atoms with Crippen molar-refractivity contribution in [2.75, 3.05) is 11.9 Å². The predicted molar refractivity (Wildman–Crippen MR) is 64.0 cm³/mol. The Morgan fingerprint density at radius 1 is 1.40 bits per heavy atom. The fourth-order valence-electron chi connectivity index (χ4n) is 1.97. The Kier molecular flexibility index (Phi) is 6.25. The molecule has 0 saturated heterocycles. The van der Waals surface area contributed by atoms with Gasteiger partial charge in [-0.2, -0.15) is 0 Å². The summed E-state index contributed by atoms with van der Waals surface area (Å²) in [5.74, 6) is 0.403. The molecule has 0 aliphatic heterocycles. The molecule has 0 spiro atoms. The molecule has 0 aromatic rings. The molecule has 1 aliphatic carbocycles. The largest absolute Gasteiger partial charge is 0.393 e. The molecule has 1 amide bonds. The SMILES string of the molecule is O=C(CCCCBr)NCC1CCCC1O. The van der Waals surface area contributed by atoms with Gasteiger partial charge in [0.1, 0.15) is 0 Å². The minimum atomic E-state index is -0.201. The Hall–Kier alpha value is -0.0900. The van der Waals surface area contributed by atoms with E-state index in [0.717, 1.165) is 37.4 Å². The minimum Gasteiger partial charge on any atom is -0.393 e. The Morgan fingerprint density at radius 2 is 2.20 bits per heavy atom. The maximum Gasteiger partial charge on any atom is 0.220 e. The second kappa shape index (κ2) is 7.23. The van der Waals surface area contributed by atoms with Crippen LogP contribution in [0.1, 0.15) is 38.5 Å². The van der Waals surface area contributed by atoms with E-state index in [0.29, 0.717) is 13.0 Å². The number of alkyl halides is 1. The van der Waals surface area contributed by atoms with Gasteiger partial charge in [-0.15, -0.1) is 0 Å². The summed E-state index contributed by atoms with van der Waals surface area (Å²) in [5.41, 5.74) is 0. The average Bonchev–Trinajstić information content (AvgIpc) is 2.61. The zero-order valence-corrected chi connectivity index (χ0v) is 10.6. The van der Waals surface area contributed by atoms with Gasteiger partial charge in [0.25, 0.3) is 0 Å². The smallest absolute Gasteiger partial charge is 0.220 e. The lowest BCUT2D eigenvalue weighted by atomic mass is 10.1. The number of halogens is 1. The lowest BCUT2D eigenvalue weighted by Crippen LogP contribution is -2.32. The van der Waals surface area contributed by atoms with Gasteiger partial charge in [0.2, 0.25) is 5.91 Å². The third-order valence-corrected chi connectivity index (χ3v) is 3.53. The first kappa shape index (κ1) is 13.0. The number of amides is 1. The number of aliphatic hydroxyl groups is 1. The monoisotopic (exact) mass is 277 g/mol. The van der Waals surface area contributed by atoms with Crippen LogP contribution >= 0.6 is 15.9 Å². The number of unbranched alkanes of at least 4 members (excludes halogenated alkanes) is 1. The highest BCUT2D eigenvalue weighted by atomic mass is 79.9. The second-order valence-electron chi connectivity index (χ2n) is 4.21. The molecular formula is C11H20BrNO2. The van der Waals surface area contributed by atoms with Gasteiger partial charge in [-0.1, -0.05) is 22.4 Å². The molecule has 0 aromatic heterocycles. The van der Waals surface area contributed by atoms with Gasteiger partial charge in [-0.3, -0.25) is 4.79 Å². The van der Waals surface area contributed by atoms with Crippen LogP contribution in [0.2, 0.25) is 0 Å². The van der Waals surface area contributed by atoms with Gasteiger partial charge >= 0.3 is 0 Å². The number of nitrogens with one attached hydrogen (secondary N) is 1. The van der Waals surface area contributed by atoms with Crippen LogP contribution in [0, 0.1) is 5.92 Å². The third kappa shape index (κ3) is 4.98. The molecular weight excluding hydrogens is 258 g/mol. The Labute approximate surface area is 99.8 Å². The highest BCUT2D eigenvalue weighted by Crippen LogP contribution is 2.24. The molecule has 88 valence electrons. The van der Waals surface area contributed by atoms with E-state index in [2.05, 4.69) is 21.2 Å². The van der Waals surface area contributed by atoms with Crippen molar-refractivity contribution in [1.82, 2.24) is 5.32 Å². The molecule has 2 atom stereocenters. The lowest BCUT2D eigenvalue weighted by Gasteiger charge is -2.14. The molecule has 1 rings (SSSR count). The van der Waals surface area contributed by atoms with Gasteiger partial charge in [-0.05, 0) is 25.7 Å². The predicted octanol–water partition coefficient (Wildman–Crippen LogP) is 1.83. The zero-order valence-electron chi connectivity index (χ0n) is 9.04. The molecule has 2 unspecified atom stereocenters. The highest BCUT2D eigenvalue weighted by Gasteiger charge is 2.25. The first-order valence-corrected chi connectivity index (χ1v) is 6.87. The molecule has 0 radical (unpaired) electrons. The van der Waals surface area contributed by atoms with Crippen molar-refractivity contribution in [3.8, 4) is 0 Å². The van der Waals surface area contributed by atoms with Gasteiger partial charge in [0.05, 0.1) is 6.10 Å². The van der Waals surface area contributed by atoms with Crippen LogP contribution in [0.15, 0.2) is 0 Å². The van der Waals surface area contributed by atoms with E-state index in [1.54, 1.807) is 0 Å². The zero-order chi connectivity index (χ0) is 11.1. The second-order valence-corrected chi connectivity index (χ2v) is 5.00. The van der Waals surface area contributed by atoms with Crippen LogP contribution in [-0.2, 0) is 4.79 Å². The van der Waals surface area contributed by atoms with Crippen LogP contribution in [0.25, 0.3) is 0 Å². The van der Waals surface area contributed by atoms with Gasteiger partial charge < -0.3 is 10.4 Å². The molecule has 15 heavy (non-hydrogen) atoms. The van der Waals surface area contributed by atoms with Crippen molar-refractivity contribution >= 4 is 21.8 Å². The quantitative estimate of drug-likeness (QED) is 0.575. The summed E-state index contributed by atoms with van der Waals surface area (Å²) in [5, 5.41) is 13.4. The van der Waals surface area contributed by atoms with Crippen LogP contribution < -0.4 is 5.32 Å². The molecule has 1 aliphatic rings. The first-order valence-electron chi connectivity index (χ1n) is 5.74. The molecule has 0 aromatic carbocycles. The fraction of sp³-hybridized carbons (Fsp3) is 0.909. The molecule has 2 N–H and O–H groups in total. The Morgan fingerprint density at radius 3 is 2.80 bits per heavy atom. The van der Waals surface area contributed by atoms with E-state index in [1.165, 1.54) is 0 Å². The van der Waals surface area contributed by atoms with Gasteiger partial charge in [-0.25, -0.2) is 0 Å². The van der Waals surface area contributed by atoms with Crippen molar-refractivity contribution in [1.29, 1.82) is 0 Å². The number of rotatable bonds is 6. The van der Waals surface area contributed by atoms with Crippen LogP contribution in [-0.4, -0.2) is 29.0 Å².